The summed E-state index contributed by atoms with van der Waals surface area (Å²) in [7, 11) is 1.61. The molecule has 0 unspecified atom stereocenters. The third-order valence-corrected chi connectivity index (χ3v) is 3.76. The summed E-state index contributed by atoms with van der Waals surface area (Å²) in [6.07, 6.45) is 0.233. The van der Waals surface area contributed by atoms with Crippen LogP contribution in [0.3, 0.4) is 0 Å². The van der Waals surface area contributed by atoms with Gasteiger partial charge in [-0.2, -0.15) is 0 Å². The van der Waals surface area contributed by atoms with Crippen LogP contribution in [-0.4, -0.2) is 38.6 Å². The number of anilines is 1. The lowest BCUT2D eigenvalue weighted by molar-refractivity contribution is -0.121. The van der Waals surface area contributed by atoms with Gasteiger partial charge in [0.1, 0.15) is 18.1 Å². The molecule has 1 N–H and O–H groups in total. The fourth-order valence-electron chi connectivity index (χ4n) is 2.41. The number of hydrogen-bond donors (Lipinski definition) is 1. The molecule has 0 fully saturated rings. The van der Waals surface area contributed by atoms with Crippen LogP contribution in [0.25, 0.3) is 0 Å². The SMILES string of the molecule is COc1ccc(OCCNC(=O)CCN(C(C)=O)c2ccccc2)cc1. The lowest BCUT2D eigenvalue weighted by Crippen LogP contribution is -2.35. The molecule has 0 atom stereocenters. The molecule has 2 rings (SSSR count). The molecular formula is C20H24N2O4. The highest BCUT2D eigenvalue weighted by Crippen LogP contribution is 2.16. The van der Waals surface area contributed by atoms with Gasteiger partial charge in [0.25, 0.3) is 0 Å². The molecule has 0 aliphatic carbocycles. The van der Waals surface area contributed by atoms with Crippen molar-refractivity contribution in [1.29, 1.82) is 0 Å². The number of carbonyl (C=O) groups is 2. The number of nitrogens with zero attached hydrogens (tertiary/aromatic N) is 1. The lowest BCUT2D eigenvalue weighted by atomic mass is 10.2. The number of carbonyl (C=O) groups excluding carboxylic acids is 2. The molecule has 0 aliphatic heterocycles. The fourth-order valence-corrected chi connectivity index (χ4v) is 2.41. The second-order valence-corrected chi connectivity index (χ2v) is 5.63. The maximum Gasteiger partial charge on any atom is 0.223 e. The molecule has 6 heteroatoms. The Morgan fingerprint density at radius 2 is 1.65 bits per heavy atom. The van der Waals surface area contributed by atoms with Gasteiger partial charge in [-0.25, -0.2) is 0 Å². The molecule has 0 saturated heterocycles. The minimum atomic E-state index is -0.120. The Bertz CT molecular complexity index is 702. The first-order chi connectivity index (χ1) is 12.6. The molecule has 2 aromatic carbocycles. The van der Waals surface area contributed by atoms with Crippen molar-refractivity contribution in [2.24, 2.45) is 0 Å². The van der Waals surface area contributed by atoms with Gasteiger partial charge in [-0.15, -0.1) is 0 Å². The minimum absolute atomic E-state index is 0.0909. The number of benzene rings is 2. The van der Waals surface area contributed by atoms with Gasteiger partial charge in [0.15, 0.2) is 0 Å². The molecule has 0 saturated carbocycles. The van der Waals surface area contributed by atoms with E-state index < -0.39 is 0 Å². The van der Waals surface area contributed by atoms with Gasteiger partial charge in [-0.3, -0.25) is 9.59 Å². The first kappa shape index (κ1) is 19.3. The maximum absolute atomic E-state index is 12.0. The topological polar surface area (TPSA) is 67.9 Å². The van der Waals surface area contributed by atoms with Crippen LogP contribution in [0, 0.1) is 0 Å². The van der Waals surface area contributed by atoms with Crippen molar-refractivity contribution in [2.45, 2.75) is 13.3 Å². The smallest absolute Gasteiger partial charge is 0.223 e. The highest BCUT2D eigenvalue weighted by molar-refractivity contribution is 5.92. The summed E-state index contributed by atoms with van der Waals surface area (Å²) < 4.78 is 10.6. The van der Waals surface area contributed by atoms with Gasteiger partial charge in [0.05, 0.1) is 13.7 Å². The van der Waals surface area contributed by atoms with Crippen molar-refractivity contribution in [1.82, 2.24) is 5.32 Å². The minimum Gasteiger partial charge on any atom is -0.497 e. The van der Waals surface area contributed by atoms with E-state index in [9.17, 15) is 9.59 Å². The molecule has 0 bridgehead atoms. The molecular weight excluding hydrogens is 332 g/mol. The van der Waals surface area contributed by atoms with Crippen molar-refractivity contribution < 1.29 is 19.1 Å². The quantitative estimate of drug-likeness (QED) is 0.702. The van der Waals surface area contributed by atoms with Crippen molar-refractivity contribution in [3.63, 3.8) is 0 Å². The van der Waals surface area contributed by atoms with Gasteiger partial charge >= 0.3 is 0 Å². The van der Waals surface area contributed by atoms with Crippen LogP contribution in [0.5, 0.6) is 11.5 Å². The van der Waals surface area contributed by atoms with Gasteiger partial charge in [0, 0.05) is 25.6 Å². The zero-order valence-electron chi connectivity index (χ0n) is 15.1. The Kier molecular flexibility index (Phi) is 7.49. The van der Waals surface area contributed by atoms with E-state index in [0.29, 0.717) is 25.4 Å². The van der Waals surface area contributed by atoms with Crippen LogP contribution in [0.4, 0.5) is 5.69 Å². The second kappa shape index (κ2) is 10.1. The average Bonchev–Trinajstić information content (AvgIpc) is 2.66. The molecule has 138 valence electrons. The van der Waals surface area contributed by atoms with Crippen LogP contribution in [0.15, 0.2) is 54.6 Å². The van der Waals surface area contributed by atoms with E-state index in [1.807, 2.05) is 54.6 Å². The molecule has 6 nitrogen and oxygen atoms in total. The van der Waals surface area contributed by atoms with Crippen LogP contribution in [0.2, 0.25) is 0 Å². The predicted octanol–water partition coefficient (Wildman–Crippen LogP) is 2.63. The van der Waals surface area contributed by atoms with Crippen LogP contribution < -0.4 is 19.7 Å². The summed E-state index contributed by atoms with van der Waals surface area (Å²) in [5.74, 6) is 1.27. The second-order valence-electron chi connectivity index (χ2n) is 5.63. The van der Waals surface area contributed by atoms with Crippen molar-refractivity contribution >= 4 is 17.5 Å². The Balaban J connectivity index is 1.70. The molecule has 0 spiro atoms. The maximum atomic E-state index is 12.0. The zero-order valence-corrected chi connectivity index (χ0v) is 15.1. The molecule has 0 heterocycles. The normalized spacial score (nSPS) is 10.1. The van der Waals surface area contributed by atoms with E-state index in [0.717, 1.165) is 11.4 Å². The van der Waals surface area contributed by atoms with E-state index in [2.05, 4.69) is 5.32 Å². The number of ether oxygens (including phenoxy) is 2. The third kappa shape index (κ3) is 6.12. The zero-order chi connectivity index (χ0) is 18.8. The molecule has 0 aromatic heterocycles. The fraction of sp³-hybridized carbons (Fsp3) is 0.300. The summed E-state index contributed by atoms with van der Waals surface area (Å²) in [4.78, 5) is 25.4. The largest absolute Gasteiger partial charge is 0.497 e. The Morgan fingerprint density at radius 3 is 2.27 bits per heavy atom. The van der Waals surface area contributed by atoms with E-state index in [-0.39, 0.29) is 18.2 Å². The van der Waals surface area contributed by atoms with Gasteiger partial charge in [0.2, 0.25) is 11.8 Å². The van der Waals surface area contributed by atoms with Gasteiger partial charge in [-0.1, -0.05) is 18.2 Å². The summed E-state index contributed by atoms with van der Waals surface area (Å²) >= 11 is 0. The van der Waals surface area contributed by atoms with Gasteiger partial charge < -0.3 is 19.7 Å². The summed E-state index contributed by atoms with van der Waals surface area (Å²) in [6.45, 7) is 2.60. The van der Waals surface area contributed by atoms with E-state index in [1.165, 1.54) is 6.92 Å². The summed E-state index contributed by atoms with van der Waals surface area (Å²) in [5, 5.41) is 2.79. The molecule has 0 aliphatic rings. The highest BCUT2D eigenvalue weighted by Gasteiger charge is 2.12. The molecule has 0 radical (unpaired) electrons. The van der Waals surface area contributed by atoms with Gasteiger partial charge in [-0.05, 0) is 36.4 Å². The summed E-state index contributed by atoms with van der Waals surface area (Å²) in [6, 6.07) is 16.6. The number of para-hydroxylation sites is 1. The number of rotatable bonds is 9. The number of hydrogen-bond acceptors (Lipinski definition) is 4. The first-order valence-electron chi connectivity index (χ1n) is 8.47. The molecule has 2 amide bonds. The van der Waals surface area contributed by atoms with Crippen molar-refractivity contribution in [3.05, 3.63) is 54.6 Å². The Hall–Kier alpha value is -3.02. The van der Waals surface area contributed by atoms with E-state index in [1.54, 1.807) is 12.0 Å². The number of nitrogens with one attached hydrogen (secondary N) is 1. The van der Waals surface area contributed by atoms with E-state index >= 15 is 0 Å². The van der Waals surface area contributed by atoms with E-state index in [4.69, 9.17) is 9.47 Å². The molecule has 26 heavy (non-hydrogen) atoms. The van der Waals surface area contributed by atoms with Crippen molar-refractivity contribution in [3.8, 4) is 11.5 Å². The number of amides is 2. The Morgan fingerprint density at radius 1 is 1.00 bits per heavy atom. The average molecular weight is 356 g/mol. The van der Waals surface area contributed by atoms with Crippen LogP contribution in [0.1, 0.15) is 13.3 Å². The predicted molar refractivity (Wildman–Crippen MR) is 101 cm³/mol. The lowest BCUT2D eigenvalue weighted by Gasteiger charge is -2.20. The molecule has 2 aromatic rings. The van der Waals surface area contributed by atoms with Crippen LogP contribution >= 0.6 is 0 Å². The highest BCUT2D eigenvalue weighted by atomic mass is 16.5. The monoisotopic (exact) mass is 356 g/mol. The first-order valence-corrected chi connectivity index (χ1v) is 8.47. The standard InChI is InChI=1S/C20H24N2O4/c1-16(23)22(17-6-4-3-5-7-17)14-12-20(24)21-13-15-26-19-10-8-18(25-2)9-11-19/h3-11H,12-15H2,1-2H3,(H,21,24). The Labute approximate surface area is 153 Å². The van der Waals surface area contributed by atoms with Crippen molar-refractivity contribution in [2.75, 3.05) is 31.7 Å². The van der Waals surface area contributed by atoms with Crippen LogP contribution in [-0.2, 0) is 9.59 Å². The summed E-state index contributed by atoms with van der Waals surface area (Å²) in [5.41, 5.74) is 0.788. The third-order valence-electron chi connectivity index (χ3n) is 3.76. The number of methoxy groups -OCH3 is 1.